The predicted octanol–water partition coefficient (Wildman–Crippen LogP) is 8.96. The number of hydrogen-bond acceptors (Lipinski definition) is 6. The Balaban J connectivity index is 0.000000147. The largest absolute Gasteiger partial charge is 0.361 e. The minimum atomic E-state index is -0.410. The van der Waals surface area contributed by atoms with E-state index in [4.69, 9.17) is 0 Å². The molecule has 4 aliphatic heterocycles. The lowest BCUT2D eigenvalue weighted by Gasteiger charge is -2.17. The Hall–Kier alpha value is -7.00. The molecule has 2 fully saturated rings. The Morgan fingerprint density at radius 2 is 1.03 bits per heavy atom. The molecule has 15 heteroatoms. The quantitative estimate of drug-likeness (QED) is 0.114. The van der Waals surface area contributed by atoms with Crippen LogP contribution in [0.1, 0.15) is 87.8 Å². The molecule has 6 heterocycles. The van der Waals surface area contributed by atoms with E-state index in [1.54, 1.807) is 54.6 Å². The van der Waals surface area contributed by atoms with Gasteiger partial charge in [-0.1, -0.05) is 40.2 Å². The minimum Gasteiger partial charge on any atom is -0.361 e. The number of carbonyl (C=O) groups is 6. The van der Waals surface area contributed by atoms with Crippen LogP contribution in [0.3, 0.4) is 0 Å². The van der Waals surface area contributed by atoms with Crippen molar-refractivity contribution >= 4 is 73.2 Å². The van der Waals surface area contributed by atoms with Crippen molar-refractivity contribution in [3.05, 3.63) is 167 Å². The highest BCUT2D eigenvalue weighted by molar-refractivity contribution is 9.09. The normalized spacial score (nSPS) is 16.0. The second-order valence-electron chi connectivity index (χ2n) is 16.1. The molecule has 0 saturated carbocycles. The number of alkyl halides is 1. The maximum Gasteiger partial charge on any atom is 0.261 e. The highest BCUT2D eigenvalue weighted by atomic mass is 79.9. The van der Waals surface area contributed by atoms with E-state index in [1.807, 2.05) is 69.2 Å². The van der Waals surface area contributed by atoms with Gasteiger partial charge in [0.2, 0.25) is 0 Å². The molecule has 4 aromatic carbocycles. The maximum absolute atomic E-state index is 13.8. The Labute approximate surface area is 381 Å². The van der Waals surface area contributed by atoms with E-state index in [9.17, 15) is 37.5 Å². The summed E-state index contributed by atoms with van der Waals surface area (Å²) in [5, 5.41) is 2.27. The molecule has 0 spiro atoms. The van der Waals surface area contributed by atoms with Gasteiger partial charge in [-0.2, -0.15) is 0 Å². The lowest BCUT2D eigenvalue weighted by Crippen LogP contribution is -2.32. The third-order valence-corrected chi connectivity index (χ3v) is 12.7. The van der Waals surface area contributed by atoms with Crippen LogP contribution in [-0.4, -0.2) is 109 Å². The Morgan fingerprint density at radius 1 is 0.569 bits per heavy atom. The molecule has 1 N–H and O–H groups in total. The first-order valence-electron chi connectivity index (χ1n) is 21.4. The number of fused-ring (bicyclic) bond motifs is 4. The third-order valence-electron chi connectivity index (χ3n) is 11.9. The molecule has 0 aliphatic carbocycles. The van der Waals surface area contributed by atoms with Crippen LogP contribution in [-0.2, 0) is 6.54 Å². The number of rotatable bonds is 9. The number of amides is 6. The molecule has 332 valence electrons. The highest BCUT2D eigenvalue weighted by Crippen LogP contribution is 2.27. The van der Waals surface area contributed by atoms with Crippen molar-refractivity contribution in [2.75, 3.05) is 44.6 Å². The van der Waals surface area contributed by atoms with Crippen LogP contribution in [0.5, 0.6) is 0 Å². The number of carbonyl (C=O) groups excluding carboxylic acids is 6. The number of nitrogens with zero attached hydrogens (tertiary/aromatic N) is 5. The average Bonchev–Trinajstić information content (AvgIpc) is 4.23. The number of H-pyrrole nitrogens is 1. The summed E-state index contributed by atoms with van der Waals surface area (Å²) in [5.41, 5.74) is 5.47. The number of aromatic amines is 1. The van der Waals surface area contributed by atoms with Gasteiger partial charge in [-0.05, 0) is 110 Å². The molecule has 10 rings (SSSR count). The number of benzene rings is 4. The van der Waals surface area contributed by atoms with Crippen LogP contribution in [0.4, 0.5) is 8.78 Å². The zero-order chi connectivity index (χ0) is 45.6. The van der Waals surface area contributed by atoms with Gasteiger partial charge in [0.25, 0.3) is 35.4 Å². The fourth-order valence-corrected chi connectivity index (χ4v) is 8.78. The minimum absolute atomic E-state index is 0.0197. The van der Waals surface area contributed by atoms with E-state index >= 15 is 0 Å². The van der Waals surface area contributed by atoms with Gasteiger partial charge in [-0.25, -0.2) is 8.78 Å². The highest BCUT2D eigenvalue weighted by Gasteiger charge is 2.36. The van der Waals surface area contributed by atoms with Crippen molar-refractivity contribution in [3.8, 4) is 0 Å². The van der Waals surface area contributed by atoms with Crippen molar-refractivity contribution in [1.82, 2.24) is 29.2 Å². The molecule has 12 nitrogen and oxygen atoms in total. The van der Waals surface area contributed by atoms with Crippen LogP contribution in [0.15, 0.2) is 133 Å². The number of imide groups is 2. The van der Waals surface area contributed by atoms with E-state index in [2.05, 4.69) is 20.9 Å². The van der Waals surface area contributed by atoms with Gasteiger partial charge in [-0.15, -0.1) is 0 Å². The summed E-state index contributed by atoms with van der Waals surface area (Å²) in [4.78, 5) is 82.9. The third kappa shape index (κ3) is 9.32. The zero-order valence-corrected chi connectivity index (χ0v) is 36.9. The van der Waals surface area contributed by atoms with Crippen LogP contribution in [0.2, 0.25) is 0 Å². The standard InChI is InChI=1S/C25H22FN3O3.C13H14N2O.C12H9BrFNO2/c26-14-17(16-29-24(31)20-5-1-2-6-21(20)25(29)32)15-28-12-9-18-13-19(7-8-22(18)28)23(30)27-10-3-4-11-27;16-13(15-7-1-2-8-15)11-3-4-12-10(9-11)5-6-14-12;13-5-8(6-14)7-15-11(16)9-3-1-2-4-10(9)12(15)17/h1-2,5-9,12-14H,3-4,10-11,15-16H2;3-6,9,14H,1-2,7-8H2;1-4,6H,5,7H2/b17-14-;;8-6-. The number of aromatic nitrogens is 2. The van der Waals surface area contributed by atoms with Crippen LogP contribution in [0, 0.1) is 0 Å². The Morgan fingerprint density at radius 3 is 1.51 bits per heavy atom. The summed E-state index contributed by atoms with van der Waals surface area (Å²) < 4.78 is 28.1. The summed E-state index contributed by atoms with van der Waals surface area (Å²) in [6, 6.07) is 28.4. The lowest BCUT2D eigenvalue weighted by atomic mass is 10.1. The molecule has 0 bridgehead atoms. The lowest BCUT2D eigenvalue weighted by molar-refractivity contribution is 0.0651. The predicted molar refractivity (Wildman–Crippen MR) is 246 cm³/mol. The van der Waals surface area contributed by atoms with Crippen molar-refractivity contribution in [1.29, 1.82) is 0 Å². The van der Waals surface area contributed by atoms with Crippen LogP contribution in [0.25, 0.3) is 21.8 Å². The molecule has 0 atom stereocenters. The van der Waals surface area contributed by atoms with Crippen LogP contribution >= 0.6 is 15.9 Å². The summed E-state index contributed by atoms with van der Waals surface area (Å²) in [5.74, 6) is -1.36. The summed E-state index contributed by atoms with van der Waals surface area (Å²) in [6.45, 7) is 3.45. The average molecular weight is 944 g/mol. The van der Waals surface area contributed by atoms with Gasteiger partial charge in [0.05, 0.1) is 48.0 Å². The Bertz CT molecular complexity index is 2820. The first kappa shape index (κ1) is 44.6. The molecule has 0 radical (unpaired) electrons. The second kappa shape index (κ2) is 19.8. The van der Waals surface area contributed by atoms with Gasteiger partial charge < -0.3 is 19.4 Å². The van der Waals surface area contributed by atoms with Crippen LogP contribution < -0.4 is 0 Å². The van der Waals surface area contributed by atoms with Gasteiger partial charge >= 0.3 is 0 Å². The molecule has 2 saturated heterocycles. The first-order valence-corrected chi connectivity index (χ1v) is 22.5. The smallest absolute Gasteiger partial charge is 0.261 e. The SMILES string of the molecule is O=C(c1ccc2[nH]ccc2c1)N1CCCC1.O=C(c1ccc2c(ccn2C/C(=C/F)CN2C(=O)c3ccccc3C2=O)c1)N1CCCC1.O=C1c2ccccc2C(=O)N1C/C(=C\F)CBr. The van der Waals surface area contributed by atoms with Gasteiger partial charge in [0.1, 0.15) is 0 Å². The van der Waals surface area contributed by atoms with Crippen molar-refractivity contribution in [2.45, 2.75) is 32.2 Å². The van der Waals surface area contributed by atoms with E-state index in [0.717, 1.165) is 89.0 Å². The summed E-state index contributed by atoms with van der Waals surface area (Å²) in [6.07, 6.45) is 8.94. The fraction of sp³-hybridized carbons (Fsp3) is 0.240. The van der Waals surface area contributed by atoms with E-state index in [-0.39, 0.29) is 48.6 Å². The number of hydrogen-bond donors (Lipinski definition) is 1. The zero-order valence-electron chi connectivity index (χ0n) is 35.4. The summed E-state index contributed by atoms with van der Waals surface area (Å²) >= 11 is 3.10. The van der Waals surface area contributed by atoms with Crippen molar-refractivity contribution in [2.24, 2.45) is 0 Å². The molecular weight excluding hydrogens is 898 g/mol. The molecule has 6 aromatic rings. The second-order valence-corrected chi connectivity index (χ2v) is 16.7. The molecular formula is C50H45BrF2N6O6. The van der Waals surface area contributed by atoms with Gasteiger partial charge in [-0.3, -0.25) is 38.6 Å². The number of likely N-dealkylation sites (tertiary alicyclic amines) is 2. The molecule has 2 aromatic heterocycles. The monoisotopic (exact) mass is 942 g/mol. The number of halogens is 3. The number of nitrogens with one attached hydrogen (secondary N) is 1. The van der Waals surface area contributed by atoms with Crippen molar-refractivity contribution in [3.63, 3.8) is 0 Å². The van der Waals surface area contributed by atoms with Crippen molar-refractivity contribution < 1.29 is 37.5 Å². The van der Waals surface area contributed by atoms with Gasteiger partial charge in [0.15, 0.2) is 0 Å². The Kier molecular flexibility index (Phi) is 13.6. The van der Waals surface area contributed by atoms with Gasteiger partial charge in [0, 0.05) is 83.4 Å². The van der Waals surface area contributed by atoms with E-state index in [1.165, 1.54) is 0 Å². The van der Waals surface area contributed by atoms with E-state index < -0.39 is 11.8 Å². The van der Waals surface area contributed by atoms with E-state index in [0.29, 0.717) is 51.6 Å². The molecule has 65 heavy (non-hydrogen) atoms. The fourth-order valence-electron chi connectivity index (χ4n) is 8.48. The summed E-state index contributed by atoms with van der Waals surface area (Å²) in [7, 11) is 0. The maximum atomic E-state index is 13.8. The molecule has 4 aliphatic rings. The topological polar surface area (TPSA) is 136 Å². The molecule has 0 unspecified atom stereocenters. The first-order chi connectivity index (χ1) is 31.6. The molecule has 6 amide bonds.